The molecule has 4 nitrogen and oxygen atoms in total. The van der Waals surface area contributed by atoms with Crippen molar-refractivity contribution in [3.63, 3.8) is 0 Å². The van der Waals surface area contributed by atoms with Crippen LogP contribution in [0, 0.1) is 0 Å². The number of anilines is 1. The standard InChI is InChI=1S/C13H21N3OS2/c17-12(15-13-14-5-9-19-13)11-18-10-8-16-6-3-1-2-4-7-16/h5,9H,1-4,6-8,10-11H2,(H,14,15,17). The summed E-state index contributed by atoms with van der Waals surface area (Å²) >= 11 is 3.16. The number of hydrogen-bond acceptors (Lipinski definition) is 5. The van der Waals surface area contributed by atoms with Crippen molar-refractivity contribution in [1.29, 1.82) is 0 Å². The van der Waals surface area contributed by atoms with Crippen molar-refractivity contribution in [1.82, 2.24) is 9.88 Å². The average molecular weight is 299 g/mol. The molecule has 0 bridgehead atoms. The molecule has 1 fully saturated rings. The fourth-order valence-electron chi connectivity index (χ4n) is 2.16. The van der Waals surface area contributed by atoms with Gasteiger partial charge in [0.2, 0.25) is 5.91 Å². The number of carbonyl (C=O) groups is 1. The Morgan fingerprint density at radius 1 is 1.37 bits per heavy atom. The molecule has 1 aliphatic rings. The lowest BCUT2D eigenvalue weighted by atomic mass is 10.2. The van der Waals surface area contributed by atoms with Crippen molar-refractivity contribution in [3.8, 4) is 0 Å². The first-order valence-corrected chi connectivity index (χ1v) is 8.87. The Labute approximate surface area is 123 Å². The molecule has 1 aliphatic heterocycles. The van der Waals surface area contributed by atoms with E-state index >= 15 is 0 Å². The number of nitrogens with zero attached hydrogens (tertiary/aromatic N) is 2. The van der Waals surface area contributed by atoms with Crippen LogP contribution in [0.25, 0.3) is 0 Å². The summed E-state index contributed by atoms with van der Waals surface area (Å²) in [7, 11) is 0. The molecule has 19 heavy (non-hydrogen) atoms. The molecule has 0 radical (unpaired) electrons. The fourth-order valence-corrected chi connectivity index (χ4v) is 3.49. The van der Waals surface area contributed by atoms with Gasteiger partial charge in [-0.1, -0.05) is 12.8 Å². The summed E-state index contributed by atoms with van der Waals surface area (Å²) < 4.78 is 0. The molecule has 0 aliphatic carbocycles. The van der Waals surface area contributed by atoms with E-state index in [4.69, 9.17) is 0 Å². The minimum atomic E-state index is 0.0517. The Bertz CT molecular complexity index is 362. The lowest BCUT2D eigenvalue weighted by Crippen LogP contribution is -2.27. The highest BCUT2D eigenvalue weighted by atomic mass is 32.2. The minimum absolute atomic E-state index is 0.0517. The molecule has 1 aromatic heterocycles. The summed E-state index contributed by atoms with van der Waals surface area (Å²) in [5, 5.41) is 5.36. The van der Waals surface area contributed by atoms with Crippen LogP contribution in [0.4, 0.5) is 5.13 Å². The van der Waals surface area contributed by atoms with Gasteiger partial charge >= 0.3 is 0 Å². The topological polar surface area (TPSA) is 45.2 Å². The molecule has 106 valence electrons. The number of rotatable bonds is 6. The van der Waals surface area contributed by atoms with E-state index in [0.29, 0.717) is 10.9 Å². The summed E-state index contributed by atoms with van der Waals surface area (Å²) in [6.07, 6.45) is 7.11. The maximum atomic E-state index is 11.6. The van der Waals surface area contributed by atoms with Crippen LogP contribution in [0.3, 0.4) is 0 Å². The molecule has 0 atom stereocenters. The third kappa shape index (κ3) is 5.93. The zero-order valence-electron chi connectivity index (χ0n) is 11.1. The highest BCUT2D eigenvalue weighted by molar-refractivity contribution is 7.99. The molecule has 0 aromatic carbocycles. The van der Waals surface area contributed by atoms with E-state index in [0.717, 1.165) is 12.3 Å². The zero-order valence-corrected chi connectivity index (χ0v) is 12.8. The predicted octanol–water partition coefficient (Wildman–Crippen LogP) is 2.69. The number of hydrogen-bond donors (Lipinski definition) is 1. The van der Waals surface area contributed by atoms with Gasteiger partial charge in [0.15, 0.2) is 5.13 Å². The van der Waals surface area contributed by atoms with Crippen molar-refractivity contribution >= 4 is 34.1 Å². The fraction of sp³-hybridized carbons (Fsp3) is 0.692. The summed E-state index contributed by atoms with van der Waals surface area (Å²) in [5.41, 5.74) is 0. The van der Waals surface area contributed by atoms with Gasteiger partial charge in [-0.05, 0) is 25.9 Å². The van der Waals surface area contributed by atoms with Gasteiger partial charge in [0.25, 0.3) is 0 Å². The number of carbonyl (C=O) groups excluding carboxylic acids is 1. The lowest BCUT2D eigenvalue weighted by molar-refractivity contribution is -0.113. The second kappa shape index (κ2) is 8.55. The predicted molar refractivity (Wildman–Crippen MR) is 83.0 cm³/mol. The number of thioether (sulfide) groups is 1. The highest BCUT2D eigenvalue weighted by Gasteiger charge is 2.09. The van der Waals surface area contributed by atoms with Crippen LogP contribution in [0.1, 0.15) is 25.7 Å². The Morgan fingerprint density at radius 2 is 2.16 bits per heavy atom. The van der Waals surface area contributed by atoms with E-state index in [1.54, 1.807) is 18.0 Å². The van der Waals surface area contributed by atoms with Gasteiger partial charge in [0.05, 0.1) is 5.75 Å². The summed E-state index contributed by atoms with van der Waals surface area (Å²) in [4.78, 5) is 18.2. The van der Waals surface area contributed by atoms with Crippen LogP contribution in [0.15, 0.2) is 11.6 Å². The molecule has 0 spiro atoms. The van der Waals surface area contributed by atoms with Crippen molar-refractivity contribution in [2.75, 3.05) is 36.5 Å². The molecule has 0 saturated carbocycles. The van der Waals surface area contributed by atoms with Crippen LogP contribution in [-0.2, 0) is 4.79 Å². The van der Waals surface area contributed by atoms with Crippen LogP contribution in [0.2, 0.25) is 0 Å². The van der Waals surface area contributed by atoms with Crippen molar-refractivity contribution < 1.29 is 4.79 Å². The Hall–Kier alpha value is -0.590. The quantitative estimate of drug-likeness (QED) is 0.820. The average Bonchev–Trinajstić information content (AvgIpc) is 2.76. The van der Waals surface area contributed by atoms with Gasteiger partial charge in [-0.3, -0.25) is 4.79 Å². The normalized spacial score (nSPS) is 17.1. The van der Waals surface area contributed by atoms with Crippen LogP contribution < -0.4 is 5.32 Å². The number of thiazole rings is 1. The molecular formula is C13H21N3OS2. The Kier molecular flexibility index (Phi) is 6.67. The second-order valence-electron chi connectivity index (χ2n) is 4.69. The van der Waals surface area contributed by atoms with E-state index in [1.807, 2.05) is 5.38 Å². The van der Waals surface area contributed by atoms with E-state index < -0.39 is 0 Å². The monoisotopic (exact) mass is 299 g/mol. The van der Waals surface area contributed by atoms with Gasteiger partial charge in [-0.15, -0.1) is 11.3 Å². The van der Waals surface area contributed by atoms with Crippen LogP contribution in [0.5, 0.6) is 0 Å². The summed E-state index contributed by atoms with van der Waals surface area (Å²) in [6, 6.07) is 0. The summed E-state index contributed by atoms with van der Waals surface area (Å²) in [5.74, 6) is 1.61. The Balaban J connectivity index is 1.54. The highest BCUT2D eigenvalue weighted by Crippen LogP contribution is 2.12. The smallest absolute Gasteiger partial charge is 0.236 e. The third-order valence-electron chi connectivity index (χ3n) is 3.16. The zero-order chi connectivity index (χ0) is 13.3. The number of aromatic nitrogens is 1. The maximum absolute atomic E-state index is 11.6. The molecule has 2 heterocycles. The third-order valence-corrected chi connectivity index (χ3v) is 4.79. The van der Waals surface area contributed by atoms with Crippen molar-refractivity contribution in [2.24, 2.45) is 0 Å². The second-order valence-corrected chi connectivity index (χ2v) is 6.69. The van der Waals surface area contributed by atoms with E-state index in [1.165, 1.54) is 50.1 Å². The largest absolute Gasteiger partial charge is 0.303 e. The van der Waals surface area contributed by atoms with E-state index in [9.17, 15) is 4.79 Å². The molecule has 1 saturated heterocycles. The SMILES string of the molecule is O=C(CSCCN1CCCCCC1)Nc1nccs1. The van der Waals surface area contributed by atoms with Gasteiger partial charge in [0.1, 0.15) is 0 Å². The minimum Gasteiger partial charge on any atom is -0.303 e. The molecule has 1 aromatic rings. The van der Waals surface area contributed by atoms with Gasteiger partial charge in [0, 0.05) is 23.9 Å². The first kappa shape index (κ1) is 14.8. The van der Waals surface area contributed by atoms with Crippen molar-refractivity contribution in [2.45, 2.75) is 25.7 Å². The Morgan fingerprint density at radius 3 is 2.84 bits per heavy atom. The van der Waals surface area contributed by atoms with Crippen LogP contribution in [-0.4, -0.2) is 46.9 Å². The molecule has 1 N–H and O–H groups in total. The first-order valence-electron chi connectivity index (χ1n) is 6.84. The first-order chi connectivity index (χ1) is 9.34. The van der Waals surface area contributed by atoms with Gasteiger partial charge in [-0.25, -0.2) is 4.98 Å². The number of nitrogens with one attached hydrogen (secondary N) is 1. The molecule has 6 heteroatoms. The van der Waals surface area contributed by atoms with E-state index in [-0.39, 0.29) is 5.91 Å². The molecular weight excluding hydrogens is 278 g/mol. The van der Waals surface area contributed by atoms with Crippen LogP contribution >= 0.6 is 23.1 Å². The van der Waals surface area contributed by atoms with Crippen molar-refractivity contribution in [3.05, 3.63) is 11.6 Å². The van der Waals surface area contributed by atoms with Gasteiger partial charge in [-0.2, -0.15) is 11.8 Å². The molecule has 0 unspecified atom stereocenters. The maximum Gasteiger partial charge on any atom is 0.236 e. The lowest BCUT2D eigenvalue weighted by Gasteiger charge is -2.18. The summed E-state index contributed by atoms with van der Waals surface area (Å²) in [6.45, 7) is 3.56. The van der Waals surface area contributed by atoms with E-state index in [2.05, 4.69) is 15.2 Å². The number of likely N-dealkylation sites (tertiary alicyclic amines) is 1. The van der Waals surface area contributed by atoms with Gasteiger partial charge < -0.3 is 10.2 Å². The molecule has 1 amide bonds. The number of amides is 1. The molecule has 2 rings (SSSR count).